The van der Waals surface area contributed by atoms with Crippen LogP contribution < -0.4 is 5.32 Å². The standard InChI is InChI=1S/C20H20F3N3O3S/c1-13(27)24-12-16-5-6-17(30-16)19(29)26-9-7-25(8-10-26)18(28)14-3-2-4-15(11-14)20(21,22)23/h2-6,11H,7-10,12H2,1H3,(H,24,27). The van der Waals surface area contributed by atoms with Gasteiger partial charge in [0.05, 0.1) is 17.0 Å². The molecule has 1 aromatic carbocycles. The molecular formula is C20H20F3N3O3S. The van der Waals surface area contributed by atoms with E-state index in [1.807, 2.05) is 0 Å². The van der Waals surface area contributed by atoms with E-state index in [-0.39, 0.29) is 30.5 Å². The summed E-state index contributed by atoms with van der Waals surface area (Å²) < 4.78 is 38.6. The van der Waals surface area contributed by atoms with Gasteiger partial charge in [0.2, 0.25) is 5.91 Å². The molecule has 2 heterocycles. The Balaban J connectivity index is 1.59. The Morgan fingerprint density at radius 2 is 1.63 bits per heavy atom. The fourth-order valence-electron chi connectivity index (χ4n) is 3.08. The van der Waals surface area contributed by atoms with Crippen molar-refractivity contribution in [1.29, 1.82) is 0 Å². The van der Waals surface area contributed by atoms with E-state index in [1.165, 1.54) is 35.3 Å². The topological polar surface area (TPSA) is 69.7 Å². The summed E-state index contributed by atoms with van der Waals surface area (Å²) in [5.74, 6) is -0.806. The summed E-state index contributed by atoms with van der Waals surface area (Å²) in [5.41, 5.74) is -0.889. The minimum absolute atomic E-state index is 0.0227. The van der Waals surface area contributed by atoms with Gasteiger partial charge in [0.25, 0.3) is 11.8 Å². The van der Waals surface area contributed by atoms with E-state index < -0.39 is 17.6 Å². The number of carbonyl (C=O) groups excluding carboxylic acids is 3. The van der Waals surface area contributed by atoms with Crippen LogP contribution in [0.25, 0.3) is 0 Å². The third-order valence-electron chi connectivity index (χ3n) is 4.67. The lowest BCUT2D eigenvalue weighted by atomic mass is 10.1. The highest BCUT2D eigenvalue weighted by Crippen LogP contribution is 2.30. The number of nitrogens with zero attached hydrogens (tertiary/aromatic N) is 2. The van der Waals surface area contributed by atoms with Gasteiger partial charge in [0.1, 0.15) is 0 Å². The van der Waals surface area contributed by atoms with Crippen molar-refractivity contribution in [3.63, 3.8) is 0 Å². The Labute approximate surface area is 175 Å². The number of hydrogen-bond donors (Lipinski definition) is 1. The first kappa shape index (κ1) is 21.8. The normalized spacial score (nSPS) is 14.5. The molecule has 160 valence electrons. The Hall–Kier alpha value is -2.88. The van der Waals surface area contributed by atoms with Crippen LogP contribution in [0.2, 0.25) is 0 Å². The maximum atomic E-state index is 12.9. The number of carbonyl (C=O) groups is 3. The average molecular weight is 439 g/mol. The van der Waals surface area contributed by atoms with Crippen LogP contribution in [0, 0.1) is 0 Å². The smallest absolute Gasteiger partial charge is 0.351 e. The van der Waals surface area contributed by atoms with Crippen LogP contribution in [-0.4, -0.2) is 53.7 Å². The summed E-state index contributed by atoms with van der Waals surface area (Å²) in [5, 5.41) is 2.67. The zero-order valence-electron chi connectivity index (χ0n) is 16.2. The van der Waals surface area contributed by atoms with Crippen LogP contribution in [0.3, 0.4) is 0 Å². The maximum Gasteiger partial charge on any atom is 0.416 e. The molecule has 3 amide bonds. The third kappa shape index (κ3) is 5.18. The van der Waals surface area contributed by atoms with Crippen LogP contribution in [0.4, 0.5) is 13.2 Å². The molecule has 1 N–H and O–H groups in total. The molecule has 0 saturated carbocycles. The van der Waals surface area contributed by atoms with Gasteiger partial charge in [0.15, 0.2) is 0 Å². The molecule has 0 unspecified atom stereocenters. The molecule has 1 saturated heterocycles. The molecule has 0 bridgehead atoms. The van der Waals surface area contributed by atoms with Crippen molar-refractivity contribution in [2.75, 3.05) is 26.2 Å². The van der Waals surface area contributed by atoms with Crippen LogP contribution in [0.5, 0.6) is 0 Å². The van der Waals surface area contributed by atoms with E-state index in [0.29, 0.717) is 24.5 Å². The number of hydrogen-bond acceptors (Lipinski definition) is 4. The number of halogens is 3. The monoisotopic (exact) mass is 439 g/mol. The fraction of sp³-hybridized carbons (Fsp3) is 0.350. The molecule has 0 spiro atoms. The van der Waals surface area contributed by atoms with Crippen molar-refractivity contribution in [2.45, 2.75) is 19.6 Å². The summed E-state index contributed by atoms with van der Waals surface area (Å²) >= 11 is 1.29. The highest BCUT2D eigenvalue weighted by Gasteiger charge is 2.32. The van der Waals surface area contributed by atoms with Crippen molar-refractivity contribution in [2.24, 2.45) is 0 Å². The highest BCUT2D eigenvalue weighted by molar-refractivity contribution is 7.14. The predicted octanol–water partition coefficient (Wildman–Crippen LogP) is 3.00. The molecule has 1 fully saturated rings. The number of alkyl halides is 3. The Kier molecular flexibility index (Phi) is 6.45. The van der Waals surface area contributed by atoms with Crippen LogP contribution in [0.15, 0.2) is 36.4 Å². The van der Waals surface area contributed by atoms with E-state index in [2.05, 4.69) is 5.32 Å². The first-order valence-electron chi connectivity index (χ1n) is 9.24. The third-order valence-corrected chi connectivity index (χ3v) is 5.75. The van der Waals surface area contributed by atoms with Gasteiger partial charge in [-0.2, -0.15) is 13.2 Å². The van der Waals surface area contributed by atoms with Gasteiger partial charge < -0.3 is 15.1 Å². The van der Waals surface area contributed by atoms with E-state index in [4.69, 9.17) is 0 Å². The maximum absolute atomic E-state index is 12.9. The summed E-state index contributed by atoms with van der Waals surface area (Å²) in [6.07, 6.45) is -4.51. The lowest BCUT2D eigenvalue weighted by molar-refractivity contribution is -0.137. The number of rotatable bonds is 4. The van der Waals surface area contributed by atoms with E-state index in [0.717, 1.165) is 17.0 Å². The number of thiophene rings is 1. The second kappa shape index (κ2) is 8.86. The minimum Gasteiger partial charge on any atom is -0.351 e. The van der Waals surface area contributed by atoms with Gasteiger partial charge in [-0.1, -0.05) is 6.07 Å². The highest BCUT2D eigenvalue weighted by atomic mass is 32.1. The van der Waals surface area contributed by atoms with Crippen molar-refractivity contribution in [3.8, 4) is 0 Å². The molecule has 30 heavy (non-hydrogen) atoms. The Morgan fingerprint density at radius 1 is 1.00 bits per heavy atom. The number of amides is 3. The molecule has 6 nitrogen and oxygen atoms in total. The number of benzene rings is 1. The SMILES string of the molecule is CC(=O)NCc1ccc(C(=O)N2CCN(C(=O)c3cccc(C(F)(F)F)c3)CC2)s1. The number of piperazine rings is 1. The first-order valence-corrected chi connectivity index (χ1v) is 10.1. The molecule has 2 aromatic rings. The van der Waals surface area contributed by atoms with Crippen LogP contribution in [0.1, 0.15) is 37.4 Å². The van der Waals surface area contributed by atoms with Crippen LogP contribution >= 0.6 is 11.3 Å². The van der Waals surface area contributed by atoms with Gasteiger partial charge in [-0.15, -0.1) is 11.3 Å². The van der Waals surface area contributed by atoms with Gasteiger partial charge in [-0.25, -0.2) is 0 Å². The Bertz CT molecular complexity index is 950. The van der Waals surface area contributed by atoms with Crippen molar-refractivity contribution in [1.82, 2.24) is 15.1 Å². The molecule has 10 heteroatoms. The fourth-order valence-corrected chi connectivity index (χ4v) is 3.99. The molecular weight excluding hydrogens is 419 g/mol. The van der Waals surface area contributed by atoms with E-state index in [9.17, 15) is 27.6 Å². The predicted molar refractivity (Wildman–Crippen MR) is 105 cm³/mol. The van der Waals surface area contributed by atoms with Gasteiger partial charge >= 0.3 is 6.18 Å². The molecule has 0 aliphatic carbocycles. The van der Waals surface area contributed by atoms with Gasteiger partial charge in [-0.3, -0.25) is 14.4 Å². The molecule has 1 aromatic heterocycles. The Morgan fingerprint density at radius 3 is 2.23 bits per heavy atom. The molecule has 1 aliphatic heterocycles. The van der Waals surface area contributed by atoms with Gasteiger partial charge in [0, 0.05) is 43.5 Å². The molecule has 1 aliphatic rings. The van der Waals surface area contributed by atoms with E-state index in [1.54, 1.807) is 17.0 Å². The largest absolute Gasteiger partial charge is 0.416 e. The minimum atomic E-state index is -4.51. The molecule has 3 rings (SSSR count). The summed E-state index contributed by atoms with van der Waals surface area (Å²) in [7, 11) is 0. The number of nitrogens with one attached hydrogen (secondary N) is 1. The van der Waals surface area contributed by atoms with Crippen LogP contribution in [-0.2, 0) is 17.5 Å². The van der Waals surface area contributed by atoms with Gasteiger partial charge in [-0.05, 0) is 30.3 Å². The summed E-state index contributed by atoms with van der Waals surface area (Å²) in [6, 6.07) is 7.82. The zero-order valence-corrected chi connectivity index (χ0v) is 17.0. The van der Waals surface area contributed by atoms with Crippen molar-refractivity contribution >= 4 is 29.1 Å². The molecule has 0 atom stereocenters. The lowest BCUT2D eigenvalue weighted by Gasteiger charge is -2.34. The summed E-state index contributed by atoms with van der Waals surface area (Å²) in [6.45, 7) is 2.84. The van der Waals surface area contributed by atoms with Crippen molar-refractivity contribution < 1.29 is 27.6 Å². The average Bonchev–Trinajstić information content (AvgIpc) is 3.20. The lowest BCUT2D eigenvalue weighted by Crippen LogP contribution is -2.50. The van der Waals surface area contributed by atoms with E-state index >= 15 is 0 Å². The molecule has 0 radical (unpaired) electrons. The zero-order chi connectivity index (χ0) is 21.9. The second-order valence-electron chi connectivity index (χ2n) is 6.84. The van der Waals surface area contributed by atoms with Crippen molar-refractivity contribution in [3.05, 3.63) is 57.3 Å². The second-order valence-corrected chi connectivity index (χ2v) is 8.01. The quantitative estimate of drug-likeness (QED) is 0.796. The first-order chi connectivity index (χ1) is 14.1. The summed E-state index contributed by atoms with van der Waals surface area (Å²) in [4.78, 5) is 40.7.